The molecule has 3 unspecified atom stereocenters. The molecule has 0 saturated carbocycles. The van der Waals surface area contributed by atoms with Crippen molar-refractivity contribution in [3.63, 3.8) is 0 Å². The fourth-order valence-corrected chi connectivity index (χ4v) is 3.96. The summed E-state index contributed by atoms with van der Waals surface area (Å²) in [7, 11) is 0. The average molecular weight is 349 g/mol. The summed E-state index contributed by atoms with van der Waals surface area (Å²) >= 11 is 0. The van der Waals surface area contributed by atoms with Crippen molar-refractivity contribution < 1.29 is 18.3 Å². The summed E-state index contributed by atoms with van der Waals surface area (Å²) in [5.41, 5.74) is 1.46. The van der Waals surface area contributed by atoms with Crippen molar-refractivity contribution in [3.8, 4) is 0 Å². The molecule has 1 aliphatic carbocycles. The van der Waals surface area contributed by atoms with Crippen LogP contribution in [0.1, 0.15) is 60.4 Å². The third-order valence-electron chi connectivity index (χ3n) is 5.09. The molecule has 0 saturated heterocycles. The van der Waals surface area contributed by atoms with Gasteiger partial charge in [0.15, 0.2) is 0 Å². The molecular formula is C20H22F3NO. The largest absolute Gasteiger partial charge is 0.416 e. The third-order valence-corrected chi connectivity index (χ3v) is 5.09. The normalized spacial score (nSPS) is 19.5. The van der Waals surface area contributed by atoms with Gasteiger partial charge in [-0.25, -0.2) is 0 Å². The summed E-state index contributed by atoms with van der Waals surface area (Å²) in [5.74, 6) is -0.769. The van der Waals surface area contributed by atoms with Gasteiger partial charge in [0.05, 0.1) is 11.7 Å². The molecule has 1 aromatic heterocycles. The van der Waals surface area contributed by atoms with Gasteiger partial charge >= 0.3 is 6.18 Å². The van der Waals surface area contributed by atoms with Crippen molar-refractivity contribution in [2.75, 3.05) is 0 Å². The number of hydrogen-bond donors (Lipinski definition) is 1. The molecule has 0 fully saturated rings. The van der Waals surface area contributed by atoms with Gasteiger partial charge in [0, 0.05) is 23.7 Å². The second-order valence-electron chi connectivity index (χ2n) is 6.66. The van der Waals surface area contributed by atoms with Crippen LogP contribution in [0, 0.1) is 0 Å². The van der Waals surface area contributed by atoms with Crippen LogP contribution in [0.4, 0.5) is 13.2 Å². The molecule has 1 aliphatic rings. The van der Waals surface area contributed by atoms with Crippen LogP contribution >= 0.6 is 0 Å². The number of fused-ring (bicyclic) bond motifs is 1. The Hall–Kier alpha value is -1.88. The van der Waals surface area contributed by atoms with Crippen molar-refractivity contribution in [1.29, 1.82) is 0 Å². The summed E-state index contributed by atoms with van der Waals surface area (Å²) in [6.07, 6.45) is -0.870. The first-order valence-corrected chi connectivity index (χ1v) is 8.71. The Morgan fingerprint density at radius 3 is 2.68 bits per heavy atom. The van der Waals surface area contributed by atoms with Gasteiger partial charge in [-0.3, -0.25) is 4.98 Å². The van der Waals surface area contributed by atoms with Crippen LogP contribution in [0.15, 0.2) is 42.6 Å². The second kappa shape index (κ2) is 7.16. The number of aryl methyl sites for hydroxylation is 1. The minimum absolute atomic E-state index is 0.189. The van der Waals surface area contributed by atoms with Crippen molar-refractivity contribution in [2.24, 2.45) is 0 Å². The lowest BCUT2D eigenvalue weighted by atomic mass is 9.80. The lowest BCUT2D eigenvalue weighted by Crippen LogP contribution is -2.27. The Bertz CT molecular complexity index is 729. The number of halogens is 3. The van der Waals surface area contributed by atoms with E-state index in [1.54, 1.807) is 12.3 Å². The van der Waals surface area contributed by atoms with Crippen LogP contribution in [0.3, 0.4) is 0 Å². The summed E-state index contributed by atoms with van der Waals surface area (Å²) in [6.45, 7) is 1.93. The molecule has 2 aromatic rings. The Morgan fingerprint density at radius 1 is 1.20 bits per heavy atom. The smallest absolute Gasteiger partial charge is 0.392 e. The molecule has 3 rings (SSSR count). The van der Waals surface area contributed by atoms with E-state index in [2.05, 4.69) is 4.98 Å². The molecule has 5 heteroatoms. The summed E-state index contributed by atoms with van der Waals surface area (Å²) in [4.78, 5) is 4.39. The fraction of sp³-hybridized carbons (Fsp3) is 0.450. The molecule has 0 aliphatic heterocycles. The van der Waals surface area contributed by atoms with Gasteiger partial charge < -0.3 is 5.11 Å². The number of nitrogens with zero attached hydrogens (tertiary/aromatic N) is 1. The Morgan fingerprint density at radius 2 is 1.96 bits per heavy atom. The van der Waals surface area contributed by atoms with Crippen LogP contribution in [-0.4, -0.2) is 16.2 Å². The number of benzene rings is 1. The summed E-state index contributed by atoms with van der Waals surface area (Å²) < 4.78 is 40.3. The zero-order valence-corrected chi connectivity index (χ0v) is 14.1. The predicted octanol–water partition coefficient (Wildman–Crippen LogP) is 5.08. The first-order valence-electron chi connectivity index (χ1n) is 8.71. The minimum Gasteiger partial charge on any atom is -0.392 e. The van der Waals surface area contributed by atoms with Gasteiger partial charge in [-0.2, -0.15) is 13.2 Å². The minimum atomic E-state index is -4.42. The predicted molar refractivity (Wildman–Crippen MR) is 90.4 cm³/mol. The maximum atomic E-state index is 13.4. The van der Waals surface area contributed by atoms with Gasteiger partial charge in [0.25, 0.3) is 0 Å². The molecule has 1 heterocycles. The molecule has 0 spiro atoms. The van der Waals surface area contributed by atoms with Crippen LogP contribution in [-0.2, 0) is 12.6 Å². The maximum absolute atomic E-state index is 13.4. The van der Waals surface area contributed by atoms with E-state index in [4.69, 9.17) is 0 Å². The summed E-state index contributed by atoms with van der Waals surface area (Å²) in [6, 6.07) is 9.45. The zero-order valence-electron chi connectivity index (χ0n) is 14.1. The second-order valence-corrected chi connectivity index (χ2v) is 6.66. The summed E-state index contributed by atoms with van der Waals surface area (Å²) in [5, 5.41) is 11.0. The monoisotopic (exact) mass is 349 g/mol. The number of aromatic nitrogens is 1. The van der Waals surface area contributed by atoms with Gasteiger partial charge in [0.1, 0.15) is 0 Å². The zero-order chi connectivity index (χ0) is 18.0. The van der Waals surface area contributed by atoms with Crippen LogP contribution < -0.4 is 0 Å². The number of rotatable bonds is 5. The van der Waals surface area contributed by atoms with E-state index >= 15 is 0 Å². The first kappa shape index (κ1) is 17.9. The standard InChI is InChI=1S/C20H22F3NO/c1-2-6-15(14-8-3-4-9-17(14)20(21,22)23)19(25)16-11-10-13-7-5-12-24-18(13)16/h3-5,7-9,12,15-16,19,25H,2,6,10-11H2,1H3. The van der Waals surface area contributed by atoms with E-state index in [9.17, 15) is 18.3 Å². The van der Waals surface area contributed by atoms with Crippen LogP contribution in [0.25, 0.3) is 0 Å². The Kier molecular flexibility index (Phi) is 5.13. The van der Waals surface area contributed by atoms with Crippen molar-refractivity contribution in [2.45, 2.75) is 56.7 Å². The quantitative estimate of drug-likeness (QED) is 0.817. The Labute approximate surface area is 145 Å². The van der Waals surface area contributed by atoms with Crippen molar-refractivity contribution in [3.05, 3.63) is 65.0 Å². The number of pyridine rings is 1. The van der Waals surface area contributed by atoms with Crippen LogP contribution in [0.2, 0.25) is 0 Å². The van der Waals surface area contributed by atoms with E-state index in [0.717, 1.165) is 30.2 Å². The van der Waals surface area contributed by atoms with E-state index < -0.39 is 23.8 Å². The highest BCUT2D eigenvalue weighted by atomic mass is 19.4. The van der Waals surface area contributed by atoms with Gasteiger partial charge in [-0.15, -0.1) is 0 Å². The first-order chi connectivity index (χ1) is 11.9. The van der Waals surface area contributed by atoms with Crippen LogP contribution in [0.5, 0.6) is 0 Å². The van der Waals surface area contributed by atoms with Gasteiger partial charge in [-0.05, 0) is 42.5 Å². The van der Waals surface area contributed by atoms with Gasteiger partial charge in [-0.1, -0.05) is 37.6 Å². The lowest BCUT2D eigenvalue weighted by Gasteiger charge is -2.30. The molecule has 0 amide bonds. The maximum Gasteiger partial charge on any atom is 0.416 e. The van der Waals surface area contributed by atoms with E-state index in [1.807, 2.05) is 19.1 Å². The average Bonchev–Trinajstić information content (AvgIpc) is 3.02. The molecule has 0 radical (unpaired) electrons. The van der Waals surface area contributed by atoms with Crippen molar-refractivity contribution >= 4 is 0 Å². The molecule has 134 valence electrons. The number of hydrogen-bond acceptors (Lipinski definition) is 2. The molecule has 1 N–H and O–H groups in total. The van der Waals surface area contributed by atoms with Gasteiger partial charge in [0.2, 0.25) is 0 Å². The molecule has 25 heavy (non-hydrogen) atoms. The SMILES string of the molecule is CCCC(c1ccccc1C(F)(F)F)C(O)C1CCc2cccnc21. The van der Waals surface area contributed by atoms with E-state index in [0.29, 0.717) is 12.8 Å². The molecule has 2 nitrogen and oxygen atoms in total. The number of alkyl halides is 3. The lowest BCUT2D eigenvalue weighted by molar-refractivity contribution is -0.138. The number of aliphatic hydroxyl groups excluding tert-OH is 1. The number of aliphatic hydroxyl groups is 1. The van der Waals surface area contributed by atoms with E-state index in [1.165, 1.54) is 12.1 Å². The van der Waals surface area contributed by atoms with E-state index in [-0.39, 0.29) is 11.5 Å². The highest BCUT2D eigenvalue weighted by Gasteiger charge is 2.40. The molecule has 1 aromatic carbocycles. The molecule has 0 bridgehead atoms. The molecule has 3 atom stereocenters. The third kappa shape index (κ3) is 3.56. The Balaban J connectivity index is 1.98. The van der Waals surface area contributed by atoms with Crippen molar-refractivity contribution in [1.82, 2.24) is 4.98 Å². The highest BCUT2D eigenvalue weighted by Crippen LogP contribution is 2.43. The molecular weight excluding hydrogens is 327 g/mol. The highest BCUT2D eigenvalue weighted by molar-refractivity contribution is 5.36. The fourth-order valence-electron chi connectivity index (χ4n) is 3.96. The topological polar surface area (TPSA) is 33.1 Å².